The minimum Gasteiger partial charge on any atom is -0.309 e. The van der Waals surface area contributed by atoms with Crippen LogP contribution in [-0.2, 0) is 0 Å². The van der Waals surface area contributed by atoms with Gasteiger partial charge in [0.25, 0.3) is 0 Å². The van der Waals surface area contributed by atoms with E-state index in [9.17, 15) is 0 Å². The summed E-state index contributed by atoms with van der Waals surface area (Å²) in [6, 6.07) is 12.4. The normalized spacial score (nSPS) is 14.9. The van der Waals surface area contributed by atoms with Crippen molar-refractivity contribution in [1.82, 2.24) is 10.2 Å². The summed E-state index contributed by atoms with van der Waals surface area (Å²) in [5.41, 5.74) is 1.40. The van der Waals surface area contributed by atoms with Gasteiger partial charge in [0.15, 0.2) is 0 Å². The third-order valence-corrected chi connectivity index (χ3v) is 4.14. The highest BCUT2D eigenvalue weighted by atomic mass is 15.2. The average molecular weight is 290 g/mol. The lowest BCUT2D eigenvalue weighted by Crippen LogP contribution is -2.50. The average Bonchev–Trinajstić information content (AvgIpc) is 2.46. The highest BCUT2D eigenvalue weighted by Gasteiger charge is 2.31. The van der Waals surface area contributed by atoms with E-state index in [1.807, 2.05) is 0 Å². The first-order chi connectivity index (χ1) is 10.0. The van der Waals surface area contributed by atoms with E-state index in [1.165, 1.54) is 12.0 Å². The van der Waals surface area contributed by atoms with Gasteiger partial charge >= 0.3 is 0 Å². The summed E-state index contributed by atoms with van der Waals surface area (Å²) in [4.78, 5) is 2.67. The lowest BCUT2D eigenvalue weighted by atomic mass is 9.88. The van der Waals surface area contributed by atoms with E-state index < -0.39 is 0 Å². The fraction of sp³-hybridized carbons (Fsp3) is 0.684. The van der Waals surface area contributed by atoms with E-state index in [2.05, 4.69) is 82.1 Å². The number of hydrogen-bond acceptors (Lipinski definition) is 2. The molecule has 0 aliphatic rings. The first-order valence-electron chi connectivity index (χ1n) is 8.56. The fourth-order valence-electron chi connectivity index (χ4n) is 3.29. The van der Waals surface area contributed by atoms with E-state index in [4.69, 9.17) is 0 Å². The topological polar surface area (TPSA) is 15.3 Å². The molecular formula is C19H34N2. The maximum absolute atomic E-state index is 3.73. The molecule has 2 unspecified atom stereocenters. The number of benzene rings is 1. The Kier molecular flexibility index (Phi) is 7.98. The monoisotopic (exact) mass is 290 g/mol. The standard InChI is InChI=1S/C19H34N2/c1-7-14-21(16(5)6)19(15(3)4)18(20-8-2)17-12-10-9-11-13-17/h9-13,15-16,18-20H,7-8,14H2,1-6H3. The minimum absolute atomic E-state index is 0.394. The number of likely N-dealkylation sites (N-methyl/N-ethyl adjacent to an activating group) is 1. The Morgan fingerprint density at radius 2 is 1.62 bits per heavy atom. The number of nitrogens with zero attached hydrogens (tertiary/aromatic N) is 1. The quantitative estimate of drug-likeness (QED) is 0.721. The third-order valence-electron chi connectivity index (χ3n) is 4.14. The summed E-state index contributed by atoms with van der Waals surface area (Å²) in [7, 11) is 0. The Labute approximate surface area is 131 Å². The summed E-state index contributed by atoms with van der Waals surface area (Å²) >= 11 is 0. The fourth-order valence-corrected chi connectivity index (χ4v) is 3.29. The van der Waals surface area contributed by atoms with Crippen molar-refractivity contribution < 1.29 is 0 Å². The van der Waals surface area contributed by atoms with Crippen LogP contribution in [0.3, 0.4) is 0 Å². The minimum atomic E-state index is 0.394. The lowest BCUT2D eigenvalue weighted by Gasteiger charge is -2.42. The Hall–Kier alpha value is -0.860. The molecule has 1 aromatic rings. The Bertz CT molecular complexity index is 372. The van der Waals surface area contributed by atoms with Gasteiger partial charge in [-0.3, -0.25) is 4.90 Å². The smallest absolute Gasteiger partial charge is 0.0480 e. The highest BCUT2D eigenvalue weighted by Crippen LogP contribution is 2.28. The summed E-state index contributed by atoms with van der Waals surface area (Å²) in [6.45, 7) is 16.0. The van der Waals surface area contributed by atoms with Crippen molar-refractivity contribution in [3.05, 3.63) is 35.9 Å². The van der Waals surface area contributed by atoms with E-state index in [0.29, 0.717) is 24.0 Å². The molecule has 0 spiro atoms. The summed E-state index contributed by atoms with van der Waals surface area (Å²) < 4.78 is 0. The molecule has 2 atom stereocenters. The van der Waals surface area contributed by atoms with Crippen LogP contribution in [0.15, 0.2) is 30.3 Å². The molecule has 2 nitrogen and oxygen atoms in total. The van der Waals surface area contributed by atoms with Crippen LogP contribution in [0.5, 0.6) is 0 Å². The highest BCUT2D eigenvalue weighted by molar-refractivity contribution is 5.21. The molecule has 21 heavy (non-hydrogen) atoms. The van der Waals surface area contributed by atoms with Gasteiger partial charge in [-0.15, -0.1) is 0 Å². The van der Waals surface area contributed by atoms with Crippen molar-refractivity contribution in [1.29, 1.82) is 0 Å². The molecule has 0 radical (unpaired) electrons. The second kappa shape index (κ2) is 9.22. The zero-order valence-electron chi connectivity index (χ0n) is 14.8. The van der Waals surface area contributed by atoms with Crippen molar-refractivity contribution in [3.63, 3.8) is 0 Å². The molecule has 0 aliphatic carbocycles. The van der Waals surface area contributed by atoms with Crippen molar-refractivity contribution in [2.24, 2.45) is 5.92 Å². The molecule has 1 rings (SSSR count). The predicted octanol–water partition coefficient (Wildman–Crippen LogP) is 4.48. The van der Waals surface area contributed by atoms with E-state index in [1.54, 1.807) is 0 Å². The van der Waals surface area contributed by atoms with Gasteiger partial charge in [0.2, 0.25) is 0 Å². The summed E-state index contributed by atoms with van der Waals surface area (Å²) in [5, 5.41) is 3.73. The van der Waals surface area contributed by atoms with E-state index >= 15 is 0 Å². The molecule has 1 aromatic carbocycles. The van der Waals surface area contributed by atoms with Crippen molar-refractivity contribution in [2.45, 2.75) is 66.1 Å². The molecule has 2 heteroatoms. The van der Waals surface area contributed by atoms with Gasteiger partial charge in [-0.05, 0) is 44.8 Å². The van der Waals surface area contributed by atoms with Crippen LogP contribution in [0.25, 0.3) is 0 Å². The molecule has 0 fully saturated rings. The zero-order valence-corrected chi connectivity index (χ0v) is 14.8. The van der Waals surface area contributed by atoms with Crippen LogP contribution >= 0.6 is 0 Å². The Morgan fingerprint density at radius 3 is 2.05 bits per heavy atom. The van der Waals surface area contributed by atoms with Crippen LogP contribution < -0.4 is 5.32 Å². The molecule has 0 bridgehead atoms. The maximum atomic E-state index is 3.73. The molecule has 0 amide bonds. The van der Waals surface area contributed by atoms with Gasteiger partial charge in [-0.25, -0.2) is 0 Å². The lowest BCUT2D eigenvalue weighted by molar-refractivity contribution is 0.0862. The molecule has 1 N–H and O–H groups in total. The van der Waals surface area contributed by atoms with Gasteiger partial charge in [0, 0.05) is 18.1 Å². The van der Waals surface area contributed by atoms with Crippen molar-refractivity contribution in [2.75, 3.05) is 13.1 Å². The molecule has 0 aliphatic heterocycles. The molecular weight excluding hydrogens is 256 g/mol. The van der Waals surface area contributed by atoms with Gasteiger partial charge in [0.05, 0.1) is 0 Å². The number of hydrogen-bond donors (Lipinski definition) is 1. The second-order valence-corrected chi connectivity index (χ2v) is 6.51. The SMILES string of the molecule is CCCN(C(C)C)C(C(C)C)C(NCC)c1ccccc1. The first kappa shape index (κ1) is 18.2. The molecule has 0 aromatic heterocycles. The van der Waals surface area contributed by atoms with Gasteiger partial charge < -0.3 is 5.32 Å². The predicted molar refractivity (Wildman–Crippen MR) is 93.6 cm³/mol. The van der Waals surface area contributed by atoms with Crippen LogP contribution in [0, 0.1) is 5.92 Å². The van der Waals surface area contributed by atoms with Gasteiger partial charge in [0.1, 0.15) is 0 Å². The molecule has 0 saturated heterocycles. The summed E-state index contributed by atoms with van der Waals surface area (Å²) in [6.07, 6.45) is 1.20. The number of nitrogens with one attached hydrogen (secondary N) is 1. The largest absolute Gasteiger partial charge is 0.309 e. The van der Waals surface area contributed by atoms with Crippen LogP contribution in [0.1, 0.15) is 59.6 Å². The van der Waals surface area contributed by atoms with Crippen LogP contribution in [0.4, 0.5) is 0 Å². The summed E-state index contributed by atoms with van der Waals surface area (Å²) in [5.74, 6) is 0.614. The zero-order chi connectivity index (χ0) is 15.8. The third kappa shape index (κ3) is 5.12. The number of rotatable bonds is 9. The Morgan fingerprint density at radius 1 is 1.00 bits per heavy atom. The second-order valence-electron chi connectivity index (χ2n) is 6.51. The molecule has 120 valence electrons. The Balaban J connectivity index is 3.13. The van der Waals surface area contributed by atoms with E-state index in [-0.39, 0.29) is 0 Å². The van der Waals surface area contributed by atoms with Gasteiger partial charge in [-0.2, -0.15) is 0 Å². The maximum Gasteiger partial charge on any atom is 0.0480 e. The van der Waals surface area contributed by atoms with Crippen molar-refractivity contribution >= 4 is 0 Å². The van der Waals surface area contributed by atoms with Gasteiger partial charge in [-0.1, -0.05) is 58.0 Å². The first-order valence-corrected chi connectivity index (χ1v) is 8.56. The van der Waals surface area contributed by atoms with Crippen molar-refractivity contribution in [3.8, 4) is 0 Å². The molecule has 0 heterocycles. The van der Waals surface area contributed by atoms with Crippen LogP contribution in [0.2, 0.25) is 0 Å². The van der Waals surface area contributed by atoms with E-state index in [0.717, 1.165) is 13.1 Å². The van der Waals surface area contributed by atoms with Crippen LogP contribution in [-0.4, -0.2) is 30.1 Å². The molecule has 0 saturated carbocycles.